The molecule has 5 nitrogen and oxygen atoms in total. The lowest BCUT2D eigenvalue weighted by atomic mass is 9.54. The number of nitrogens with zero attached hydrogens (tertiary/aromatic N) is 1. The first-order valence-corrected chi connectivity index (χ1v) is 8.55. The quantitative estimate of drug-likeness (QED) is 0.473. The van der Waals surface area contributed by atoms with E-state index < -0.39 is 16.1 Å². The number of aryl methyl sites for hydroxylation is 1. The molecule has 1 aromatic rings. The fourth-order valence-corrected chi connectivity index (χ4v) is 5.86. The third-order valence-corrected chi connectivity index (χ3v) is 7.12. The van der Waals surface area contributed by atoms with Crippen molar-refractivity contribution in [1.29, 1.82) is 0 Å². The van der Waals surface area contributed by atoms with Crippen LogP contribution in [0.1, 0.15) is 56.1 Å². The summed E-state index contributed by atoms with van der Waals surface area (Å²) in [6.45, 7) is 1.93. The minimum atomic E-state index is -1.77. The Morgan fingerprint density at radius 3 is 2.78 bits per heavy atom. The monoisotopic (exact) mass is 317 g/mol. The zero-order valence-electron chi connectivity index (χ0n) is 13.4. The van der Waals surface area contributed by atoms with Crippen molar-refractivity contribution in [2.24, 2.45) is 17.3 Å². The minimum absolute atomic E-state index is 0.207. The van der Waals surface area contributed by atoms with Crippen LogP contribution >= 0.6 is 0 Å². The summed E-state index contributed by atoms with van der Waals surface area (Å²) in [5.74, 6) is 1.33. The van der Waals surface area contributed by atoms with Crippen molar-refractivity contribution in [1.82, 2.24) is 0 Å². The zero-order chi connectivity index (χ0) is 16.4. The number of phenolic OH excluding ortho intramolecular Hbond substituents is 1. The van der Waals surface area contributed by atoms with E-state index in [1.54, 1.807) is 6.07 Å². The van der Waals surface area contributed by atoms with Gasteiger partial charge >= 0.3 is 5.72 Å². The van der Waals surface area contributed by atoms with Crippen molar-refractivity contribution in [3.8, 4) is 5.75 Å². The molecule has 0 unspecified atom stereocenters. The van der Waals surface area contributed by atoms with Crippen LogP contribution in [0.5, 0.6) is 5.75 Å². The van der Waals surface area contributed by atoms with E-state index in [-0.39, 0.29) is 12.3 Å². The maximum atomic E-state index is 11.5. The number of benzene rings is 1. The minimum Gasteiger partial charge on any atom is -0.508 e. The molecule has 3 aliphatic carbocycles. The SMILES string of the molecule is C[C@]12CC[C@@H]3c4ccc(O)cc4CC[C@H]3[C@@H]1CC[C@]2(O)[N+](=O)[O-]. The summed E-state index contributed by atoms with van der Waals surface area (Å²) < 4.78 is 0. The smallest absolute Gasteiger partial charge is 0.327 e. The predicted molar refractivity (Wildman–Crippen MR) is 84.7 cm³/mol. The second-order valence-corrected chi connectivity index (χ2v) is 7.87. The molecule has 0 aromatic heterocycles. The molecular formula is C18H23NO4. The van der Waals surface area contributed by atoms with Gasteiger partial charge < -0.3 is 10.2 Å². The highest BCUT2D eigenvalue weighted by molar-refractivity contribution is 5.40. The van der Waals surface area contributed by atoms with Gasteiger partial charge in [-0.1, -0.05) is 6.07 Å². The molecular weight excluding hydrogens is 294 g/mol. The first-order chi connectivity index (χ1) is 10.9. The summed E-state index contributed by atoms with van der Waals surface area (Å²) in [7, 11) is 0. The molecule has 2 fully saturated rings. The van der Waals surface area contributed by atoms with E-state index in [9.17, 15) is 20.3 Å². The summed E-state index contributed by atoms with van der Waals surface area (Å²) in [6.07, 6.45) is 4.49. The van der Waals surface area contributed by atoms with Gasteiger partial charge in [-0.3, -0.25) is 10.1 Å². The molecule has 1 aromatic carbocycles. The number of nitro groups is 1. The van der Waals surface area contributed by atoms with Crippen molar-refractivity contribution < 1.29 is 15.1 Å². The highest BCUT2D eigenvalue weighted by Gasteiger charge is 2.68. The standard InChI is InChI=1S/C18H23NO4/c1-17-8-6-14-13-5-3-12(20)10-11(13)2-4-15(14)16(17)7-9-18(17,21)19(22)23/h3,5,10,14-16,20-21H,2,4,6-9H2,1H3/t14-,15-,16+,17+,18-/m1/s1. The van der Waals surface area contributed by atoms with Crippen LogP contribution in [0, 0.1) is 27.4 Å². The maximum Gasteiger partial charge on any atom is 0.327 e. The molecule has 23 heavy (non-hydrogen) atoms. The zero-order valence-corrected chi connectivity index (χ0v) is 13.4. The van der Waals surface area contributed by atoms with E-state index in [1.165, 1.54) is 11.1 Å². The first kappa shape index (κ1) is 14.9. The number of hydrogen-bond acceptors (Lipinski definition) is 4. The van der Waals surface area contributed by atoms with Gasteiger partial charge in [0.1, 0.15) is 5.75 Å². The second kappa shape index (κ2) is 4.69. The second-order valence-electron chi connectivity index (χ2n) is 7.87. The summed E-state index contributed by atoms with van der Waals surface area (Å²) in [5.41, 5.74) is 0.138. The number of aromatic hydroxyl groups is 1. The van der Waals surface area contributed by atoms with Gasteiger partial charge in [0, 0.05) is 6.42 Å². The highest BCUT2D eigenvalue weighted by atomic mass is 16.7. The summed E-state index contributed by atoms with van der Waals surface area (Å²) in [6, 6.07) is 5.64. The lowest BCUT2D eigenvalue weighted by molar-refractivity contribution is -0.645. The lowest BCUT2D eigenvalue weighted by Crippen LogP contribution is -2.54. The van der Waals surface area contributed by atoms with E-state index in [0.29, 0.717) is 24.0 Å². The van der Waals surface area contributed by atoms with E-state index in [0.717, 1.165) is 25.7 Å². The topological polar surface area (TPSA) is 83.6 Å². The number of rotatable bonds is 1. The van der Waals surface area contributed by atoms with Gasteiger partial charge in [0.05, 0.1) is 10.3 Å². The molecule has 0 bridgehead atoms. The van der Waals surface area contributed by atoms with Crippen molar-refractivity contribution in [2.75, 3.05) is 0 Å². The van der Waals surface area contributed by atoms with E-state index in [4.69, 9.17) is 0 Å². The Morgan fingerprint density at radius 2 is 2.04 bits per heavy atom. The molecule has 0 heterocycles. The average Bonchev–Trinajstić information content (AvgIpc) is 2.80. The molecule has 4 rings (SSSR count). The predicted octanol–water partition coefficient (Wildman–Crippen LogP) is 3.21. The molecule has 124 valence electrons. The van der Waals surface area contributed by atoms with Crippen LogP contribution < -0.4 is 0 Å². The van der Waals surface area contributed by atoms with Crippen molar-refractivity contribution >= 4 is 0 Å². The molecule has 5 heteroatoms. The van der Waals surface area contributed by atoms with Crippen LogP contribution in [-0.2, 0) is 6.42 Å². The molecule has 0 amide bonds. The number of fused-ring (bicyclic) bond motifs is 5. The molecule has 0 radical (unpaired) electrons. The van der Waals surface area contributed by atoms with Gasteiger partial charge in [0.15, 0.2) is 0 Å². The van der Waals surface area contributed by atoms with Gasteiger partial charge in [-0.25, -0.2) is 0 Å². The van der Waals surface area contributed by atoms with Crippen LogP contribution in [0.25, 0.3) is 0 Å². The first-order valence-electron chi connectivity index (χ1n) is 8.55. The van der Waals surface area contributed by atoms with Gasteiger partial charge in [-0.05, 0) is 80.0 Å². The van der Waals surface area contributed by atoms with Crippen LogP contribution in [0.2, 0.25) is 0 Å². The van der Waals surface area contributed by atoms with Crippen LogP contribution in [-0.4, -0.2) is 20.9 Å². The van der Waals surface area contributed by atoms with E-state index in [1.807, 2.05) is 19.1 Å². The maximum absolute atomic E-state index is 11.5. The molecule has 0 aliphatic heterocycles. The summed E-state index contributed by atoms with van der Waals surface area (Å²) >= 11 is 0. The van der Waals surface area contributed by atoms with Gasteiger partial charge in [-0.2, -0.15) is 0 Å². The van der Waals surface area contributed by atoms with Crippen LogP contribution in [0.4, 0.5) is 0 Å². The summed E-state index contributed by atoms with van der Waals surface area (Å²) in [4.78, 5) is 11.1. The fraction of sp³-hybridized carbons (Fsp3) is 0.667. The van der Waals surface area contributed by atoms with Gasteiger partial charge in [-0.15, -0.1) is 0 Å². The largest absolute Gasteiger partial charge is 0.508 e. The van der Waals surface area contributed by atoms with Gasteiger partial charge in [0.25, 0.3) is 0 Å². The highest BCUT2D eigenvalue weighted by Crippen LogP contribution is 2.64. The molecule has 2 N–H and O–H groups in total. The molecule has 3 aliphatic rings. The van der Waals surface area contributed by atoms with E-state index >= 15 is 0 Å². The number of hydrogen-bond donors (Lipinski definition) is 2. The Bertz CT molecular complexity index is 675. The van der Waals surface area contributed by atoms with Crippen LogP contribution in [0.3, 0.4) is 0 Å². The van der Waals surface area contributed by atoms with Crippen molar-refractivity contribution in [3.63, 3.8) is 0 Å². The van der Waals surface area contributed by atoms with Crippen LogP contribution in [0.15, 0.2) is 18.2 Å². The van der Waals surface area contributed by atoms with Gasteiger partial charge in [0.2, 0.25) is 0 Å². The Kier molecular flexibility index (Phi) is 3.05. The lowest BCUT2D eigenvalue weighted by Gasteiger charge is -2.50. The Morgan fingerprint density at radius 1 is 1.26 bits per heavy atom. The molecule has 0 saturated heterocycles. The normalized spacial score (nSPS) is 41.7. The average molecular weight is 317 g/mol. The fourth-order valence-electron chi connectivity index (χ4n) is 5.86. The number of phenols is 1. The Balaban J connectivity index is 1.71. The van der Waals surface area contributed by atoms with Crippen molar-refractivity contribution in [2.45, 2.75) is 57.1 Å². The third kappa shape index (κ3) is 1.83. The molecule has 2 saturated carbocycles. The molecule has 5 atom stereocenters. The summed E-state index contributed by atoms with van der Waals surface area (Å²) in [5, 5.41) is 31.9. The third-order valence-electron chi connectivity index (χ3n) is 7.12. The van der Waals surface area contributed by atoms with E-state index in [2.05, 4.69) is 0 Å². The van der Waals surface area contributed by atoms with Crippen molar-refractivity contribution in [3.05, 3.63) is 39.4 Å². The number of aliphatic hydroxyl groups is 1. The Hall–Kier alpha value is -1.62. The Labute approximate surface area is 135 Å². The molecule has 0 spiro atoms.